The molecule has 1 unspecified atom stereocenters. The first-order valence-corrected chi connectivity index (χ1v) is 6.49. The van der Waals surface area contributed by atoms with Crippen LogP contribution in [0.4, 0.5) is 10.1 Å². The zero-order valence-corrected chi connectivity index (χ0v) is 11.8. The molecule has 0 aliphatic rings. The summed E-state index contributed by atoms with van der Waals surface area (Å²) >= 11 is 11.9. The predicted octanol–water partition coefficient (Wildman–Crippen LogP) is 3.77. The third kappa shape index (κ3) is 3.40. The van der Waals surface area contributed by atoms with Crippen LogP contribution in [-0.4, -0.2) is 5.91 Å². The molecule has 0 saturated heterocycles. The number of primary amides is 1. The van der Waals surface area contributed by atoms with E-state index in [4.69, 9.17) is 28.9 Å². The van der Waals surface area contributed by atoms with Gasteiger partial charge in [0.25, 0.3) is 0 Å². The first-order valence-electron chi connectivity index (χ1n) is 5.74. The van der Waals surface area contributed by atoms with Gasteiger partial charge in [0.05, 0.1) is 0 Å². The predicted molar refractivity (Wildman–Crippen MR) is 78.4 cm³/mol. The van der Waals surface area contributed by atoms with E-state index < -0.39 is 17.8 Å². The lowest BCUT2D eigenvalue weighted by atomic mass is 10.1. The van der Waals surface area contributed by atoms with Crippen LogP contribution >= 0.6 is 23.2 Å². The summed E-state index contributed by atoms with van der Waals surface area (Å²) in [5.41, 5.74) is 6.28. The smallest absolute Gasteiger partial charge is 0.244 e. The van der Waals surface area contributed by atoms with E-state index in [0.29, 0.717) is 21.3 Å². The van der Waals surface area contributed by atoms with Gasteiger partial charge in [-0.15, -0.1) is 0 Å². The molecule has 0 saturated carbocycles. The van der Waals surface area contributed by atoms with Gasteiger partial charge in [0.2, 0.25) is 5.91 Å². The van der Waals surface area contributed by atoms with Gasteiger partial charge in [-0.05, 0) is 30.3 Å². The van der Waals surface area contributed by atoms with Crippen molar-refractivity contribution in [1.29, 1.82) is 0 Å². The molecule has 0 aliphatic heterocycles. The summed E-state index contributed by atoms with van der Waals surface area (Å²) < 4.78 is 13.2. The van der Waals surface area contributed by atoms with E-state index in [2.05, 4.69) is 5.32 Å². The van der Waals surface area contributed by atoms with Gasteiger partial charge in [-0.3, -0.25) is 4.79 Å². The van der Waals surface area contributed by atoms with E-state index in [1.807, 2.05) is 0 Å². The Labute approximate surface area is 125 Å². The van der Waals surface area contributed by atoms with Crippen LogP contribution in [0.3, 0.4) is 0 Å². The van der Waals surface area contributed by atoms with Gasteiger partial charge < -0.3 is 11.1 Å². The average molecular weight is 313 g/mol. The number of benzene rings is 2. The molecule has 0 bridgehead atoms. The molecule has 3 N–H and O–H groups in total. The minimum atomic E-state index is -0.874. The van der Waals surface area contributed by atoms with Crippen LogP contribution in [0.5, 0.6) is 0 Å². The van der Waals surface area contributed by atoms with Crippen molar-refractivity contribution in [2.75, 3.05) is 5.32 Å². The molecule has 0 aromatic heterocycles. The van der Waals surface area contributed by atoms with Crippen LogP contribution in [0.2, 0.25) is 10.0 Å². The molecule has 2 rings (SSSR count). The molecule has 0 radical (unpaired) electrons. The van der Waals surface area contributed by atoms with E-state index in [-0.39, 0.29) is 0 Å². The number of hydrogen-bond acceptors (Lipinski definition) is 2. The number of halogens is 3. The lowest BCUT2D eigenvalue weighted by Gasteiger charge is -2.18. The Hall–Kier alpha value is -1.78. The first kappa shape index (κ1) is 14.6. The quantitative estimate of drug-likeness (QED) is 0.903. The van der Waals surface area contributed by atoms with E-state index in [9.17, 15) is 9.18 Å². The van der Waals surface area contributed by atoms with E-state index in [1.54, 1.807) is 18.2 Å². The van der Waals surface area contributed by atoms with E-state index in [1.165, 1.54) is 24.3 Å². The van der Waals surface area contributed by atoms with Crippen molar-refractivity contribution < 1.29 is 9.18 Å². The fraction of sp³-hybridized carbons (Fsp3) is 0.0714. The van der Waals surface area contributed by atoms with E-state index >= 15 is 0 Å². The maximum atomic E-state index is 13.2. The Bertz CT molecular complexity index is 649. The minimum Gasteiger partial charge on any atom is -0.370 e. The Kier molecular flexibility index (Phi) is 4.47. The number of nitrogens with two attached hydrogens (primary N) is 1. The van der Waals surface area contributed by atoms with E-state index in [0.717, 1.165) is 0 Å². The minimum absolute atomic E-state index is 0.310. The highest BCUT2D eigenvalue weighted by molar-refractivity contribution is 6.35. The van der Waals surface area contributed by atoms with Crippen molar-refractivity contribution in [2.45, 2.75) is 6.04 Å². The monoisotopic (exact) mass is 312 g/mol. The van der Waals surface area contributed by atoms with Crippen LogP contribution in [0, 0.1) is 5.82 Å². The Balaban J connectivity index is 2.34. The molecule has 0 fully saturated rings. The Morgan fingerprint density at radius 1 is 1.20 bits per heavy atom. The summed E-state index contributed by atoms with van der Waals surface area (Å²) in [5.74, 6) is -1.04. The van der Waals surface area contributed by atoms with Gasteiger partial charge >= 0.3 is 0 Å². The Morgan fingerprint density at radius 3 is 2.55 bits per heavy atom. The SMILES string of the molecule is NC(=O)C(Nc1cccc(F)c1)c1ccc(Cl)cc1Cl. The normalized spacial score (nSPS) is 11.9. The molecule has 0 spiro atoms. The number of anilines is 1. The topological polar surface area (TPSA) is 55.1 Å². The first-order chi connectivity index (χ1) is 9.47. The summed E-state index contributed by atoms with van der Waals surface area (Å²) in [4.78, 5) is 11.6. The number of nitrogens with one attached hydrogen (secondary N) is 1. The summed E-state index contributed by atoms with van der Waals surface area (Å²) in [6.07, 6.45) is 0. The fourth-order valence-corrected chi connectivity index (χ4v) is 2.30. The highest BCUT2D eigenvalue weighted by Crippen LogP contribution is 2.28. The van der Waals surface area contributed by atoms with Crippen molar-refractivity contribution in [1.82, 2.24) is 0 Å². The average Bonchev–Trinajstić information content (AvgIpc) is 2.36. The molecule has 20 heavy (non-hydrogen) atoms. The van der Waals surface area contributed by atoms with Gasteiger partial charge in [0, 0.05) is 21.3 Å². The van der Waals surface area contributed by atoms with Crippen molar-refractivity contribution in [3.8, 4) is 0 Å². The molecule has 2 aromatic rings. The Morgan fingerprint density at radius 2 is 1.95 bits per heavy atom. The summed E-state index contributed by atoms with van der Waals surface area (Å²) in [7, 11) is 0. The molecule has 6 heteroatoms. The number of carbonyl (C=O) groups is 1. The highest BCUT2D eigenvalue weighted by atomic mass is 35.5. The standard InChI is InChI=1S/C14H11Cl2FN2O/c15-8-4-5-11(12(16)6-8)13(14(18)20)19-10-3-1-2-9(17)7-10/h1-7,13,19H,(H2,18,20). The fourth-order valence-electron chi connectivity index (χ4n) is 1.78. The summed E-state index contributed by atoms with van der Waals surface area (Å²) in [6, 6.07) is 9.57. The molecule has 0 heterocycles. The maximum Gasteiger partial charge on any atom is 0.244 e. The zero-order valence-electron chi connectivity index (χ0n) is 10.2. The third-order valence-electron chi connectivity index (χ3n) is 2.69. The lowest BCUT2D eigenvalue weighted by Crippen LogP contribution is -2.28. The molecular formula is C14H11Cl2FN2O. The molecule has 1 atom stereocenters. The molecule has 2 aromatic carbocycles. The second-order valence-corrected chi connectivity index (χ2v) is 5.00. The second-order valence-electron chi connectivity index (χ2n) is 4.16. The number of carbonyl (C=O) groups excluding carboxylic acids is 1. The van der Waals surface area contributed by atoms with Gasteiger partial charge in [-0.2, -0.15) is 0 Å². The molecule has 104 valence electrons. The number of hydrogen-bond donors (Lipinski definition) is 2. The van der Waals surface area contributed by atoms with Gasteiger partial charge in [-0.25, -0.2) is 4.39 Å². The molecule has 3 nitrogen and oxygen atoms in total. The lowest BCUT2D eigenvalue weighted by molar-refractivity contribution is -0.118. The van der Waals surface area contributed by atoms with Crippen LogP contribution in [0.1, 0.15) is 11.6 Å². The molecule has 1 amide bonds. The van der Waals surface area contributed by atoms with Crippen LogP contribution < -0.4 is 11.1 Å². The van der Waals surface area contributed by atoms with Crippen LogP contribution in [-0.2, 0) is 4.79 Å². The number of amides is 1. The van der Waals surface area contributed by atoms with Gasteiger partial charge in [-0.1, -0.05) is 35.3 Å². The van der Waals surface area contributed by atoms with Gasteiger partial charge in [0.15, 0.2) is 0 Å². The van der Waals surface area contributed by atoms with Crippen molar-refractivity contribution in [3.63, 3.8) is 0 Å². The third-order valence-corrected chi connectivity index (χ3v) is 3.26. The van der Waals surface area contributed by atoms with Crippen molar-refractivity contribution in [3.05, 3.63) is 63.9 Å². The summed E-state index contributed by atoms with van der Waals surface area (Å²) in [5, 5.41) is 3.62. The van der Waals surface area contributed by atoms with Crippen molar-refractivity contribution >= 4 is 34.8 Å². The largest absolute Gasteiger partial charge is 0.370 e. The van der Waals surface area contributed by atoms with Crippen LogP contribution in [0.25, 0.3) is 0 Å². The van der Waals surface area contributed by atoms with Gasteiger partial charge in [0.1, 0.15) is 11.9 Å². The summed E-state index contributed by atoms with van der Waals surface area (Å²) in [6.45, 7) is 0. The van der Waals surface area contributed by atoms with Crippen molar-refractivity contribution in [2.24, 2.45) is 5.73 Å². The number of rotatable bonds is 4. The highest BCUT2D eigenvalue weighted by Gasteiger charge is 2.20. The maximum absolute atomic E-state index is 13.2. The zero-order chi connectivity index (χ0) is 14.7. The molecule has 0 aliphatic carbocycles. The second kappa shape index (κ2) is 6.11. The molecular weight excluding hydrogens is 302 g/mol. The van der Waals surface area contributed by atoms with Crippen LogP contribution in [0.15, 0.2) is 42.5 Å².